The van der Waals surface area contributed by atoms with Gasteiger partial charge in [0.25, 0.3) is 0 Å². The van der Waals surface area contributed by atoms with Crippen LogP contribution >= 0.6 is 0 Å². The van der Waals surface area contributed by atoms with E-state index >= 15 is 0 Å². The molecule has 1 aliphatic carbocycles. The third kappa shape index (κ3) is 1.94. The molecule has 1 saturated heterocycles. The van der Waals surface area contributed by atoms with Crippen LogP contribution < -0.4 is 0 Å². The number of rotatable bonds is 2. The zero-order valence-corrected chi connectivity index (χ0v) is 9.93. The van der Waals surface area contributed by atoms with Crippen molar-refractivity contribution in [3.05, 3.63) is 53.5 Å². The normalized spacial score (nSPS) is 26.9. The van der Waals surface area contributed by atoms with Crippen molar-refractivity contribution >= 4 is 9.84 Å². The molecule has 2 unspecified atom stereocenters. The second-order valence-electron chi connectivity index (χ2n) is 4.16. The Hall–Kier alpha value is -1.39. The molecule has 0 radical (unpaired) electrons. The topological polar surface area (TPSA) is 46.7 Å². The van der Waals surface area contributed by atoms with Crippen LogP contribution in [0.4, 0.5) is 0 Å². The molecule has 3 rings (SSSR count). The van der Waals surface area contributed by atoms with E-state index in [0.29, 0.717) is 9.80 Å². The fourth-order valence-electron chi connectivity index (χ4n) is 1.94. The standard InChI is InChI=1S/C13H12O3S/c14-17(15,10-5-2-1-3-6-10)11-7-4-8-12-13(9-11)16-12/h1-7,9,12-13H,8H2. The molecule has 88 valence electrons. The van der Waals surface area contributed by atoms with E-state index in [1.54, 1.807) is 42.5 Å². The average molecular weight is 248 g/mol. The van der Waals surface area contributed by atoms with Crippen LogP contribution in [-0.2, 0) is 14.6 Å². The Morgan fingerprint density at radius 3 is 2.71 bits per heavy atom. The molecular formula is C13H12O3S. The van der Waals surface area contributed by atoms with Crippen LogP contribution in [0.25, 0.3) is 0 Å². The largest absolute Gasteiger partial charge is 0.365 e. The minimum Gasteiger partial charge on any atom is -0.365 e. The molecule has 2 aliphatic rings. The first-order chi connectivity index (χ1) is 8.18. The minimum absolute atomic E-state index is 0.0292. The number of fused-ring (bicyclic) bond motifs is 1. The van der Waals surface area contributed by atoms with Gasteiger partial charge in [0.05, 0.1) is 15.9 Å². The summed E-state index contributed by atoms with van der Waals surface area (Å²) in [6, 6.07) is 8.48. The van der Waals surface area contributed by atoms with Crippen LogP contribution in [0, 0.1) is 0 Å². The Morgan fingerprint density at radius 2 is 1.94 bits per heavy atom. The molecule has 0 spiro atoms. The molecule has 0 aromatic heterocycles. The van der Waals surface area contributed by atoms with Gasteiger partial charge in [0.15, 0.2) is 0 Å². The number of benzene rings is 1. The molecule has 0 amide bonds. The Morgan fingerprint density at radius 1 is 1.18 bits per heavy atom. The lowest BCUT2D eigenvalue weighted by atomic mass is 10.2. The smallest absolute Gasteiger partial charge is 0.206 e. The number of ether oxygens (including phenoxy) is 1. The third-order valence-electron chi connectivity index (χ3n) is 2.96. The molecule has 1 heterocycles. The quantitative estimate of drug-likeness (QED) is 0.753. The number of allylic oxidation sites excluding steroid dienone is 1. The lowest BCUT2D eigenvalue weighted by Crippen LogP contribution is -2.03. The summed E-state index contributed by atoms with van der Waals surface area (Å²) in [6.07, 6.45) is 6.18. The van der Waals surface area contributed by atoms with Gasteiger partial charge in [-0.15, -0.1) is 0 Å². The first-order valence-corrected chi connectivity index (χ1v) is 7.00. The molecule has 3 nitrogen and oxygen atoms in total. The van der Waals surface area contributed by atoms with E-state index in [4.69, 9.17) is 4.74 Å². The molecule has 1 aliphatic heterocycles. The summed E-state index contributed by atoms with van der Waals surface area (Å²) < 4.78 is 30.0. The summed E-state index contributed by atoms with van der Waals surface area (Å²) in [5, 5.41) is 0. The molecule has 0 N–H and O–H groups in total. The fourth-order valence-corrected chi connectivity index (χ4v) is 3.32. The van der Waals surface area contributed by atoms with Gasteiger partial charge in [0, 0.05) is 0 Å². The third-order valence-corrected chi connectivity index (χ3v) is 4.75. The Labute approximate surface area is 100 Å². The van der Waals surface area contributed by atoms with Gasteiger partial charge in [0.2, 0.25) is 9.84 Å². The molecule has 0 saturated carbocycles. The molecule has 1 aromatic carbocycles. The summed E-state index contributed by atoms with van der Waals surface area (Å²) in [4.78, 5) is 0.670. The Bertz CT molecular complexity index is 584. The van der Waals surface area contributed by atoms with Crippen molar-refractivity contribution < 1.29 is 13.2 Å². The maximum absolute atomic E-state index is 12.3. The highest BCUT2D eigenvalue weighted by atomic mass is 32.2. The van der Waals surface area contributed by atoms with Gasteiger partial charge in [-0.1, -0.05) is 24.3 Å². The highest BCUT2D eigenvalue weighted by Gasteiger charge is 2.38. The zero-order valence-electron chi connectivity index (χ0n) is 9.11. The van der Waals surface area contributed by atoms with E-state index in [2.05, 4.69) is 0 Å². The van der Waals surface area contributed by atoms with Crippen LogP contribution in [0.3, 0.4) is 0 Å². The molecule has 1 aromatic rings. The number of hydrogen-bond donors (Lipinski definition) is 0. The van der Waals surface area contributed by atoms with Gasteiger partial charge in [-0.2, -0.15) is 0 Å². The van der Waals surface area contributed by atoms with Crippen molar-refractivity contribution in [2.75, 3.05) is 0 Å². The Balaban J connectivity index is 2.03. The summed E-state index contributed by atoms with van der Waals surface area (Å²) in [5.41, 5.74) is 0. The maximum atomic E-state index is 12.3. The predicted molar refractivity (Wildman–Crippen MR) is 64.1 cm³/mol. The minimum atomic E-state index is -3.40. The molecule has 1 fully saturated rings. The van der Waals surface area contributed by atoms with E-state index in [-0.39, 0.29) is 12.2 Å². The van der Waals surface area contributed by atoms with Crippen LogP contribution in [0.15, 0.2) is 58.4 Å². The second-order valence-corrected chi connectivity index (χ2v) is 6.11. The number of sulfone groups is 1. The summed E-state index contributed by atoms with van der Waals surface area (Å²) in [5.74, 6) is 0. The number of hydrogen-bond acceptors (Lipinski definition) is 3. The van der Waals surface area contributed by atoms with Gasteiger partial charge < -0.3 is 4.74 Å². The monoisotopic (exact) mass is 248 g/mol. The van der Waals surface area contributed by atoms with Crippen LogP contribution in [0.1, 0.15) is 6.42 Å². The summed E-state index contributed by atoms with van der Waals surface area (Å²) in [6.45, 7) is 0. The highest BCUT2D eigenvalue weighted by molar-refractivity contribution is 7.95. The zero-order chi connectivity index (χ0) is 11.9. The molecule has 0 bridgehead atoms. The first kappa shape index (κ1) is 10.7. The van der Waals surface area contributed by atoms with E-state index in [0.717, 1.165) is 6.42 Å². The molecule has 17 heavy (non-hydrogen) atoms. The molecule has 4 heteroatoms. The lowest BCUT2D eigenvalue weighted by molar-refractivity contribution is 0.389. The summed E-state index contributed by atoms with van der Waals surface area (Å²) >= 11 is 0. The molecule has 2 atom stereocenters. The van der Waals surface area contributed by atoms with E-state index in [1.165, 1.54) is 0 Å². The van der Waals surface area contributed by atoms with Crippen molar-refractivity contribution in [2.24, 2.45) is 0 Å². The molecular weight excluding hydrogens is 236 g/mol. The SMILES string of the molecule is O=S(=O)(C1=CC2OC2CC=C1)c1ccccc1. The van der Waals surface area contributed by atoms with E-state index < -0.39 is 9.84 Å². The van der Waals surface area contributed by atoms with Gasteiger partial charge in [-0.25, -0.2) is 8.42 Å². The van der Waals surface area contributed by atoms with E-state index in [9.17, 15) is 8.42 Å². The first-order valence-electron chi connectivity index (χ1n) is 5.52. The van der Waals surface area contributed by atoms with Crippen molar-refractivity contribution in [3.63, 3.8) is 0 Å². The van der Waals surface area contributed by atoms with Crippen molar-refractivity contribution in [1.29, 1.82) is 0 Å². The second kappa shape index (κ2) is 3.82. The van der Waals surface area contributed by atoms with Crippen LogP contribution in [0.2, 0.25) is 0 Å². The van der Waals surface area contributed by atoms with Crippen LogP contribution in [0.5, 0.6) is 0 Å². The van der Waals surface area contributed by atoms with Gasteiger partial charge in [0.1, 0.15) is 6.10 Å². The van der Waals surface area contributed by atoms with Crippen molar-refractivity contribution in [2.45, 2.75) is 23.5 Å². The van der Waals surface area contributed by atoms with E-state index in [1.807, 2.05) is 6.08 Å². The van der Waals surface area contributed by atoms with Crippen LogP contribution in [-0.4, -0.2) is 20.6 Å². The average Bonchev–Trinajstić information content (AvgIpc) is 3.06. The van der Waals surface area contributed by atoms with Gasteiger partial charge >= 0.3 is 0 Å². The highest BCUT2D eigenvalue weighted by Crippen LogP contribution is 2.33. The van der Waals surface area contributed by atoms with Crippen molar-refractivity contribution in [3.8, 4) is 0 Å². The maximum Gasteiger partial charge on any atom is 0.206 e. The van der Waals surface area contributed by atoms with Gasteiger partial charge in [-0.3, -0.25) is 0 Å². The number of epoxide rings is 1. The fraction of sp³-hybridized carbons (Fsp3) is 0.231. The predicted octanol–water partition coefficient (Wildman–Crippen LogP) is 2.07. The van der Waals surface area contributed by atoms with Gasteiger partial charge in [-0.05, 0) is 30.7 Å². The lowest BCUT2D eigenvalue weighted by Gasteiger charge is -2.04. The van der Waals surface area contributed by atoms with Crippen molar-refractivity contribution in [1.82, 2.24) is 0 Å². The summed E-state index contributed by atoms with van der Waals surface area (Å²) in [7, 11) is -3.40. The Kier molecular flexibility index (Phi) is 2.42.